The smallest absolute Gasteiger partial charge is 0.271 e. The highest BCUT2D eigenvalue weighted by atomic mass is 19.1. The quantitative estimate of drug-likeness (QED) is 0.615. The Morgan fingerprint density at radius 3 is 2.37 bits per heavy atom. The van der Waals surface area contributed by atoms with Gasteiger partial charge in [0.05, 0.1) is 6.42 Å². The Morgan fingerprint density at radius 1 is 1.15 bits per heavy atom. The van der Waals surface area contributed by atoms with Crippen molar-refractivity contribution >= 4 is 17.5 Å². The summed E-state index contributed by atoms with van der Waals surface area (Å²) in [4.78, 5) is 24.5. The maximum Gasteiger partial charge on any atom is 0.271 e. The first kappa shape index (κ1) is 18.1. The second-order valence-electron chi connectivity index (χ2n) is 8.72. The highest BCUT2D eigenvalue weighted by molar-refractivity contribution is 6.01. The number of hydrazone groups is 1. The van der Waals surface area contributed by atoms with Crippen LogP contribution in [0.25, 0.3) is 0 Å². The van der Waals surface area contributed by atoms with Crippen LogP contribution in [0, 0.1) is 23.6 Å². The van der Waals surface area contributed by atoms with Gasteiger partial charge in [0, 0.05) is 16.8 Å². The first-order valence-electron chi connectivity index (χ1n) is 9.81. The molecule has 144 valence electrons. The lowest BCUT2D eigenvalue weighted by Gasteiger charge is -2.56. The number of benzene rings is 1. The van der Waals surface area contributed by atoms with Crippen molar-refractivity contribution in [2.24, 2.45) is 22.9 Å². The number of halogens is 1. The number of nitrogens with zero attached hydrogens (tertiary/aromatic N) is 1. The minimum atomic E-state index is -0.490. The van der Waals surface area contributed by atoms with Gasteiger partial charge in [-0.05, 0) is 81.4 Å². The molecule has 4 saturated carbocycles. The Hall–Kier alpha value is -2.24. The molecule has 5 nitrogen and oxygen atoms in total. The largest absolute Gasteiger partial charge is 0.350 e. The molecule has 27 heavy (non-hydrogen) atoms. The van der Waals surface area contributed by atoms with Crippen LogP contribution in [-0.4, -0.2) is 23.1 Å². The van der Waals surface area contributed by atoms with Crippen molar-refractivity contribution in [2.75, 3.05) is 0 Å². The highest BCUT2D eigenvalue weighted by Gasteiger charge is 2.51. The third-order valence-corrected chi connectivity index (χ3v) is 6.29. The minimum Gasteiger partial charge on any atom is -0.350 e. The van der Waals surface area contributed by atoms with Gasteiger partial charge in [0.15, 0.2) is 0 Å². The van der Waals surface area contributed by atoms with Crippen molar-refractivity contribution in [2.45, 2.75) is 57.4 Å². The van der Waals surface area contributed by atoms with Crippen LogP contribution in [0.1, 0.15) is 62.2 Å². The molecule has 0 aromatic heterocycles. The van der Waals surface area contributed by atoms with Crippen LogP contribution in [0.5, 0.6) is 0 Å². The van der Waals surface area contributed by atoms with Gasteiger partial charge in [0.25, 0.3) is 5.91 Å². The van der Waals surface area contributed by atoms with Crippen LogP contribution in [0.15, 0.2) is 29.4 Å². The molecule has 2 N–H and O–H groups in total. The van der Waals surface area contributed by atoms with Gasteiger partial charge >= 0.3 is 0 Å². The number of amides is 2. The number of carbonyl (C=O) groups is 2. The van der Waals surface area contributed by atoms with Crippen molar-refractivity contribution in [3.63, 3.8) is 0 Å². The van der Waals surface area contributed by atoms with Crippen molar-refractivity contribution in [3.05, 3.63) is 35.6 Å². The summed E-state index contributed by atoms with van der Waals surface area (Å²) in [6, 6.07) is 5.42. The lowest BCUT2D eigenvalue weighted by molar-refractivity contribution is -0.125. The predicted molar refractivity (Wildman–Crippen MR) is 101 cm³/mol. The molecule has 0 saturated heterocycles. The third-order valence-electron chi connectivity index (χ3n) is 6.29. The molecule has 6 heteroatoms. The Bertz CT molecular complexity index is 754. The zero-order valence-corrected chi connectivity index (χ0v) is 15.6. The Balaban J connectivity index is 1.31. The predicted octanol–water partition coefficient (Wildman–Crippen LogP) is 3.41. The molecule has 0 atom stereocenters. The molecule has 2 amide bonds. The van der Waals surface area contributed by atoms with Crippen LogP contribution in [0.2, 0.25) is 0 Å². The Labute approximate surface area is 158 Å². The fourth-order valence-corrected chi connectivity index (χ4v) is 5.72. The van der Waals surface area contributed by atoms with Crippen molar-refractivity contribution in [1.29, 1.82) is 0 Å². The average molecular weight is 371 g/mol. The molecule has 0 spiro atoms. The van der Waals surface area contributed by atoms with Crippen molar-refractivity contribution in [3.8, 4) is 0 Å². The maximum absolute atomic E-state index is 13.2. The minimum absolute atomic E-state index is 0.0169. The van der Waals surface area contributed by atoms with E-state index < -0.39 is 11.7 Å². The van der Waals surface area contributed by atoms with Gasteiger partial charge in [-0.2, -0.15) is 5.10 Å². The molecular weight excluding hydrogens is 345 g/mol. The number of hydrogen-bond donors (Lipinski definition) is 2. The van der Waals surface area contributed by atoms with Crippen LogP contribution in [0.4, 0.5) is 4.39 Å². The molecule has 4 bridgehead atoms. The van der Waals surface area contributed by atoms with Gasteiger partial charge in [0.2, 0.25) is 5.91 Å². The first-order chi connectivity index (χ1) is 12.9. The second-order valence-corrected chi connectivity index (χ2v) is 8.72. The van der Waals surface area contributed by atoms with E-state index in [1.54, 1.807) is 6.92 Å². The summed E-state index contributed by atoms with van der Waals surface area (Å²) in [6.45, 7) is 1.71. The van der Waals surface area contributed by atoms with Crippen LogP contribution >= 0.6 is 0 Å². The lowest BCUT2D eigenvalue weighted by atomic mass is 9.53. The zero-order valence-electron chi connectivity index (χ0n) is 15.6. The van der Waals surface area contributed by atoms with E-state index in [1.807, 2.05) is 0 Å². The SMILES string of the molecule is C/C(CC(=O)NC12CC3CC(CC(C3)C1)C2)=N\NC(=O)c1cccc(F)c1. The van der Waals surface area contributed by atoms with E-state index in [-0.39, 0.29) is 23.4 Å². The van der Waals surface area contributed by atoms with Gasteiger partial charge in [-0.1, -0.05) is 6.07 Å². The van der Waals surface area contributed by atoms with Gasteiger partial charge in [-0.25, -0.2) is 9.82 Å². The van der Waals surface area contributed by atoms with E-state index in [1.165, 1.54) is 37.5 Å². The number of hydrogen-bond acceptors (Lipinski definition) is 3. The van der Waals surface area contributed by atoms with E-state index in [0.29, 0.717) is 5.71 Å². The number of nitrogens with one attached hydrogen (secondary N) is 2. The normalized spacial score (nSPS) is 31.6. The van der Waals surface area contributed by atoms with Crippen molar-refractivity contribution in [1.82, 2.24) is 10.7 Å². The molecule has 4 aliphatic carbocycles. The molecule has 0 unspecified atom stereocenters. The van der Waals surface area contributed by atoms with E-state index in [4.69, 9.17) is 0 Å². The summed E-state index contributed by atoms with van der Waals surface area (Å²) >= 11 is 0. The Kier molecular flexibility index (Phi) is 4.74. The topological polar surface area (TPSA) is 70.6 Å². The molecule has 0 heterocycles. The molecule has 4 fully saturated rings. The summed E-state index contributed by atoms with van der Waals surface area (Å²) in [5.74, 6) is 1.33. The van der Waals surface area contributed by atoms with Gasteiger partial charge in [-0.3, -0.25) is 9.59 Å². The van der Waals surface area contributed by atoms with E-state index in [2.05, 4.69) is 15.8 Å². The summed E-state index contributed by atoms with van der Waals surface area (Å²) < 4.78 is 13.2. The summed E-state index contributed by atoms with van der Waals surface area (Å²) in [6.07, 6.45) is 7.49. The molecule has 5 rings (SSSR count). The van der Waals surface area contributed by atoms with Gasteiger partial charge in [0.1, 0.15) is 5.82 Å². The van der Waals surface area contributed by atoms with E-state index in [0.717, 1.165) is 43.1 Å². The number of carbonyl (C=O) groups excluding carboxylic acids is 2. The maximum atomic E-state index is 13.2. The molecule has 1 aromatic rings. The van der Waals surface area contributed by atoms with Crippen LogP contribution < -0.4 is 10.7 Å². The fraction of sp³-hybridized carbons (Fsp3) is 0.571. The van der Waals surface area contributed by atoms with Crippen LogP contribution in [0.3, 0.4) is 0 Å². The molecular formula is C21H26FN3O2. The average Bonchev–Trinajstić information content (AvgIpc) is 2.57. The number of rotatable bonds is 5. The highest BCUT2D eigenvalue weighted by Crippen LogP contribution is 2.55. The summed E-state index contributed by atoms with van der Waals surface area (Å²) in [5, 5.41) is 7.30. The van der Waals surface area contributed by atoms with E-state index in [9.17, 15) is 14.0 Å². The monoisotopic (exact) mass is 371 g/mol. The van der Waals surface area contributed by atoms with Crippen LogP contribution in [-0.2, 0) is 4.79 Å². The lowest BCUT2D eigenvalue weighted by Crippen LogP contribution is -2.60. The standard InChI is InChI=1S/C21H26FN3O2/c1-13(24-25-20(27)17-3-2-4-18(22)9-17)5-19(26)23-21-10-14-6-15(11-21)8-16(7-14)12-21/h2-4,9,14-16H,5-8,10-12H2,1H3,(H,23,26)(H,25,27)/b24-13+. The molecule has 0 radical (unpaired) electrons. The Morgan fingerprint density at radius 2 is 1.78 bits per heavy atom. The zero-order chi connectivity index (χ0) is 19.0. The first-order valence-corrected chi connectivity index (χ1v) is 9.81. The second kappa shape index (κ2) is 7.06. The van der Waals surface area contributed by atoms with E-state index >= 15 is 0 Å². The van der Waals surface area contributed by atoms with Gasteiger partial charge in [-0.15, -0.1) is 0 Å². The van der Waals surface area contributed by atoms with Gasteiger partial charge < -0.3 is 5.32 Å². The van der Waals surface area contributed by atoms with Crippen molar-refractivity contribution < 1.29 is 14.0 Å². The third kappa shape index (κ3) is 4.04. The summed E-state index contributed by atoms with van der Waals surface area (Å²) in [5.41, 5.74) is 3.10. The molecule has 4 aliphatic rings. The molecule has 0 aliphatic heterocycles. The summed E-state index contributed by atoms with van der Waals surface area (Å²) in [7, 11) is 0. The molecule has 1 aromatic carbocycles. The fourth-order valence-electron chi connectivity index (χ4n) is 5.72.